The molecule has 0 aromatic heterocycles. The van der Waals surface area contributed by atoms with Gasteiger partial charge in [0, 0.05) is 46.8 Å². The number of nitrogens with one attached hydrogen (secondary N) is 2. The van der Waals surface area contributed by atoms with Crippen molar-refractivity contribution in [3.63, 3.8) is 0 Å². The molecule has 1 aliphatic carbocycles. The van der Waals surface area contributed by atoms with E-state index in [1.165, 1.54) is 12.8 Å². The highest BCUT2D eigenvalue weighted by Crippen LogP contribution is 2.40. The molecule has 7 heteroatoms. The number of carbonyl (C=O) groups is 1. The number of benzene rings is 3. The number of likely N-dealkylation sites (tertiary alicyclic amines) is 1. The van der Waals surface area contributed by atoms with Crippen LogP contribution in [-0.4, -0.2) is 41.1 Å². The Morgan fingerprint density at radius 2 is 1.73 bits per heavy atom. The summed E-state index contributed by atoms with van der Waals surface area (Å²) in [4.78, 5) is 16.2. The van der Waals surface area contributed by atoms with Crippen LogP contribution in [-0.2, 0) is 11.4 Å². The number of rotatable bonds is 9. The maximum atomic E-state index is 13.9. The first-order valence-electron chi connectivity index (χ1n) is 12.9. The molecule has 0 radical (unpaired) electrons. The number of anilines is 1. The Bertz CT molecular complexity index is 1230. The van der Waals surface area contributed by atoms with Crippen molar-refractivity contribution in [1.82, 2.24) is 10.2 Å². The number of aliphatic hydroxyl groups excluding tert-OH is 1. The molecule has 5 nitrogen and oxygen atoms in total. The van der Waals surface area contributed by atoms with Crippen molar-refractivity contribution in [2.24, 2.45) is 5.92 Å². The van der Waals surface area contributed by atoms with Gasteiger partial charge in [0.05, 0.1) is 12.6 Å². The van der Waals surface area contributed by atoms with Crippen LogP contribution >= 0.6 is 23.2 Å². The van der Waals surface area contributed by atoms with Crippen molar-refractivity contribution in [3.8, 4) is 0 Å². The van der Waals surface area contributed by atoms with Crippen LogP contribution in [0.15, 0.2) is 72.8 Å². The van der Waals surface area contributed by atoms with Crippen LogP contribution in [0.1, 0.15) is 48.4 Å². The lowest BCUT2D eigenvalue weighted by atomic mass is 9.87. The van der Waals surface area contributed by atoms with Crippen molar-refractivity contribution in [3.05, 3.63) is 99.5 Å². The van der Waals surface area contributed by atoms with E-state index in [4.69, 9.17) is 23.2 Å². The largest absolute Gasteiger partial charge is 0.392 e. The molecule has 4 unspecified atom stereocenters. The van der Waals surface area contributed by atoms with Gasteiger partial charge in [-0.3, -0.25) is 9.69 Å². The van der Waals surface area contributed by atoms with Crippen molar-refractivity contribution in [1.29, 1.82) is 0 Å². The van der Waals surface area contributed by atoms with E-state index in [9.17, 15) is 9.90 Å². The van der Waals surface area contributed by atoms with Gasteiger partial charge in [-0.05, 0) is 72.7 Å². The molecular formula is C30H33Cl2N3O2. The van der Waals surface area contributed by atoms with Gasteiger partial charge in [-0.2, -0.15) is 0 Å². The number of aliphatic hydroxyl groups is 1. The van der Waals surface area contributed by atoms with Crippen molar-refractivity contribution in [2.75, 3.05) is 18.4 Å². The van der Waals surface area contributed by atoms with E-state index in [0.717, 1.165) is 29.8 Å². The summed E-state index contributed by atoms with van der Waals surface area (Å²) >= 11 is 12.6. The highest BCUT2D eigenvalue weighted by Gasteiger charge is 2.48. The summed E-state index contributed by atoms with van der Waals surface area (Å²) in [5.74, 6) is 0.525. The molecule has 1 aliphatic heterocycles. The monoisotopic (exact) mass is 537 g/mol. The Hall–Kier alpha value is -2.41. The smallest absolute Gasteiger partial charge is 0.242 e. The summed E-state index contributed by atoms with van der Waals surface area (Å²) in [6.07, 6.45) is 2.43. The number of carbonyl (C=O) groups excluding carboxylic acids is 1. The van der Waals surface area contributed by atoms with Crippen LogP contribution in [0.4, 0.5) is 5.69 Å². The van der Waals surface area contributed by atoms with E-state index in [2.05, 4.69) is 40.7 Å². The first kappa shape index (κ1) is 26.2. The predicted octanol–water partition coefficient (Wildman–Crippen LogP) is 6.02. The zero-order valence-corrected chi connectivity index (χ0v) is 22.4. The molecule has 3 aromatic rings. The second-order valence-electron chi connectivity index (χ2n) is 10.3. The SMILES string of the molecule is CC(NC1CN(CC2CC2)C(C(=O)Nc2cccc(Cl)c2)C1c1cccc(Cl)c1)c1ccc(CO)cc1. The van der Waals surface area contributed by atoms with Crippen LogP contribution in [0.3, 0.4) is 0 Å². The van der Waals surface area contributed by atoms with Gasteiger partial charge in [0.1, 0.15) is 0 Å². The molecule has 1 saturated carbocycles. The highest BCUT2D eigenvalue weighted by molar-refractivity contribution is 6.31. The average Bonchev–Trinajstić information content (AvgIpc) is 3.63. The lowest BCUT2D eigenvalue weighted by molar-refractivity contribution is -0.120. The molecule has 3 aromatic carbocycles. The van der Waals surface area contributed by atoms with Gasteiger partial charge < -0.3 is 15.7 Å². The van der Waals surface area contributed by atoms with Crippen molar-refractivity contribution in [2.45, 2.75) is 50.4 Å². The molecule has 3 N–H and O–H groups in total. The van der Waals surface area contributed by atoms with Crippen LogP contribution in [0.5, 0.6) is 0 Å². The summed E-state index contributed by atoms with van der Waals surface area (Å²) in [7, 11) is 0. The minimum atomic E-state index is -0.348. The Kier molecular flexibility index (Phi) is 8.18. The molecule has 1 heterocycles. The molecule has 4 atom stereocenters. The fraction of sp³-hybridized carbons (Fsp3) is 0.367. The lowest BCUT2D eigenvalue weighted by Gasteiger charge is -2.29. The van der Waals surface area contributed by atoms with Crippen LogP contribution in [0.25, 0.3) is 0 Å². The normalized spacial score (nSPS) is 22.6. The Morgan fingerprint density at radius 3 is 2.38 bits per heavy atom. The van der Waals surface area contributed by atoms with Crippen LogP contribution in [0.2, 0.25) is 10.0 Å². The zero-order chi connectivity index (χ0) is 25.9. The molecule has 2 aliphatic rings. The molecule has 1 saturated heterocycles. The van der Waals surface area contributed by atoms with Crippen LogP contribution < -0.4 is 10.6 Å². The van der Waals surface area contributed by atoms with Gasteiger partial charge in [-0.15, -0.1) is 0 Å². The predicted molar refractivity (Wildman–Crippen MR) is 150 cm³/mol. The summed E-state index contributed by atoms with van der Waals surface area (Å²) in [6.45, 7) is 3.84. The molecule has 194 valence electrons. The number of amides is 1. The Balaban J connectivity index is 1.46. The van der Waals surface area contributed by atoms with Gasteiger partial charge in [-0.1, -0.05) is 65.7 Å². The van der Waals surface area contributed by atoms with E-state index in [1.54, 1.807) is 12.1 Å². The van der Waals surface area contributed by atoms with Gasteiger partial charge >= 0.3 is 0 Å². The standard InChI is InChI=1S/C30H33Cl2N3O2/c1-19(22-12-10-21(18-36)11-13-22)33-27-17-35(16-20-8-9-20)29(28(27)23-4-2-5-24(31)14-23)30(37)34-26-7-3-6-25(32)15-26/h2-7,10-15,19-20,27-29,33,36H,8-9,16-18H2,1H3,(H,34,37). The second-order valence-corrected chi connectivity index (χ2v) is 11.2. The minimum absolute atomic E-state index is 0.0289. The lowest BCUT2D eigenvalue weighted by Crippen LogP contribution is -2.43. The zero-order valence-electron chi connectivity index (χ0n) is 20.9. The summed E-state index contributed by atoms with van der Waals surface area (Å²) in [5.41, 5.74) is 3.78. The molecule has 0 spiro atoms. The number of nitrogens with zero attached hydrogens (tertiary/aromatic N) is 1. The topological polar surface area (TPSA) is 64.6 Å². The molecular weight excluding hydrogens is 505 g/mol. The second kappa shape index (κ2) is 11.5. The number of hydrogen-bond acceptors (Lipinski definition) is 4. The fourth-order valence-electron chi connectivity index (χ4n) is 5.47. The minimum Gasteiger partial charge on any atom is -0.392 e. The maximum absolute atomic E-state index is 13.9. The third kappa shape index (κ3) is 6.36. The Labute approximate surface area is 228 Å². The Morgan fingerprint density at radius 1 is 1.03 bits per heavy atom. The molecule has 2 fully saturated rings. The summed E-state index contributed by atoms with van der Waals surface area (Å²) in [6, 6.07) is 23.0. The van der Waals surface area contributed by atoms with Gasteiger partial charge in [0.15, 0.2) is 0 Å². The molecule has 37 heavy (non-hydrogen) atoms. The fourth-order valence-corrected chi connectivity index (χ4v) is 5.86. The average molecular weight is 539 g/mol. The van der Waals surface area contributed by atoms with Crippen molar-refractivity contribution < 1.29 is 9.90 Å². The summed E-state index contributed by atoms with van der Waals surface area (Å²) in [5, 5.41) is 17.6. The van der Waals surface area contributed by atoms with E-state index >= 15 is 0 Å². The summed E-state index contributed by atoms with van der Waals surface area (Å²) < 4.78 is 0. The van der Waals surface area contributed by atoms with E-state index in [0.29, 0.717) is 21.7 Å². The third-order valence-corrected chi connectivity index (χ3v) is 7.98. The highest BCUT2D eigenvalue weighted by atomic mass is 35.5. The number of halogens is 2. The van der Waals surface area contributed by atoms with E-state index < -0.39 is 0 Å². The van der Waals surface area contributed by atoms with Crippen molar-refractivity contribution >= 4 is 34.8 Å². The van der Waals surface area contributed by atoms with Crippen LogP contribution in [0, 0.1) is 5.92 Å². The maximum Gasteiger partial charge on any atom is 0.242 e. The van der Waals surface area contributed by atoms with E-state index in [1.807, 2.05) is 42.5 Å². The molecule has 5 rings (SSSR count). The third-order valence-electron chi connectivity index (χ3n) is 7.51. The molecule has 1 amide bonds. The van der Waals surface area contributed by atoms with Gasteiger partial charge in [0.25, 0.3) is 0 Å². The molecule has 0 bridgehead atoms. The first-order chi connectivity index (χ1) is 17.9. The van der Waals surface area contributed by atoms with Gasteiger partial charge in [0.2, 0.25) is 5.91 Å². The number of hydrogen-bond donors (Lipinski definition) is 3. The van der Waals surface area contributed by atoms with E-state index in [-0.39, 0.29) is 36.6 Å². The first-order valence-corrected chi connectivity index (χ1v) is 13.7. The quantitative estimate of drug-likeness (QED) is 0.312. The van der Waals surface area contributed by atoms with Gasteiger partial charge in [-0.25, -0.2) is 0 Å².